The molecule has 22 heavy (non-hydrogen) atoms. The minimum atomic E-state index is 0.680. The van der Waals surface area contributed by atoms with Crippen molar-refractivity contribution in [2.24, 2.45) is 7.05 Å². The molecule has 0 amide bonds. The van der Waals surface area contributed by atoms with Crippen LogP contribution in [0.4, 0.5) is 0 Å². The Labute approximate surface area is 132 Å². The summed E-state index contributed by atoms with van der Waals surface area (Å²) in [5.74, 6) is 0. The first kappa shape index (κ1) is 14.9. The third kappa shape index (κ3) is 3.40. The fourth-order valence-corrected chi connectivity index (χ4v) is 2.86. The number of aromatic nitrogens is 1. The molecular weight excluding hydrogens is 270 g/mol. The Bertz CT molecular complexity index is 743. The highest BCUT2D eigenvalue weighted by Crippen LogP contribution is 2.20. The monoisotopic (exact) mass is 293 g/mol. The van der Waals surface area contributed by atoms with Crippen molar-refractivity contribution in [1.82, 2.24) is 4.57 Å². The van der Waals surface area contributed by atoms with Gasteiger partial charge in [-0.05, 0) is 43.5 Å². The van der Waals surface area contributed by atoms with Crippen molar-refractivity contribution in [1.29, 1.82) is 0 Å². The normalized spacial score (nSPS) is 11.2. The zero-order chi connectivity index (χ0) is 15.4. The number of rotatable bonds is 6. The second kappa shape index (κ2) is 6.80. The Balaban J connectivity index is 1.52. The average molecular weight is 293 g/mol. The molecule has 0 atom stereocenters. The number of hydrogen-bond donors (Lipinski definition) is 0. The lowest BCUT2D eigenvalue weighted by Gasteiger charge is -2.06. The third-order valence-electron chi connectivity index (χ3n) is 4.14. The average Bonchev–Trinajstić information content (AvgIpc) is 2.83. The summed E-state index contributed by atoms with van der Waals surface area (Å²) in [6, 6.07) is 19.4. The van der Waals surface area contributed by atoms with Crippen LogP contribution in [0.3, 0.4) is 0 Å². The summed E-state index contributed by atoms with van der Waals surface area (Å²) in [5.41, 5.74) is 5.19. The van der Waals surface area contributed by atoms with Gasteiger partial charge in [0.2, 0.25) is 0 Å². The van der Waals surface area contributed by atoms with Crippen molar-refractivity contribution < 1.29 is 4.74 Å². The van der Waals surface area contributed by atoms with Crippen LogP contribution in [0.1, 0.15) is 23.2 Å². The van der Waals surface area contributed by atoms with Gasteiger partial charge in [-0.15, -0.1) is 0 Å². The van der Waals surface area contributed by atoms with Crippen LogP contribution in [0.25, 0.3) is 10.9 Å². The summed E-state index contributed by atoms with van der Waals surface area (Å²) in [6.07, 6.45) is 2.14. The second-order valence-electron chi connectivity index (χ2n) is 5.90. The molecule has 1 heterocycles. The van der Waals surface area contributed by atoms with Crippen molar-refractivity contribution in [3.05, 3.63) is 71.4 Å². The fraction of sp³-hybridized carbons (Fsp3) is 0.300. The van der Waals surface area contributed by atoms with Gasteiger partial charge in [-0.2, -0.15) is 0 Å². The molecule has 0 bridgehead atoms. The van der Waals surface area contributed by atoms with E-state index in [4.69, 9.17) is 4.74 Å². The summed E-state index contributed by atoms with van der Waals surface area (Å²) >= 11 is 0. The quantitative estimate of drug-likeness (QED) is 0.604. The van der Waals surface area contributed by atoms with Crippen LogP contribution >= 0.6 is 0 Å². The third-order valence-corrected chi connectivity index (χ3v) is 4.14. The van der Waals surface area contributed by atoms with Crippen LogP contribution < -0.4 is 0 Å². The number of fused-ring (bicyclic) bond motifs is 1. The predicted molar refractivity (Wildman–Crippen MR) is 92.1 cm³/mol. The molecule has 2 nitrogen and oxygen atoms in total. The Morgan fingerprint density at radius 3 is 2.64 bits per heavy atom. The van der Waals surface area contributed by atoms with Gasteiger partial charge < -0.3 is 9.30 Å². The van der Waals surface area contributed by atoms with E-state index in [2.05, 4.69) is 73.1 Å². The standard InChI is InChI=1S/C20H23NO/c1-16-10-11-20-18(13-16)14-19(21(20)2)15-22-12-6-9-17-7-4-3-5-8-17/h3-5,7-8,10-11,13-14H,6,9,12,15H2,1-2H3. The first-order chi connectivity index (χ1) is 10.7. The number of ether oxygens (including phenoxy) is 1. The molecule has 0 saturated carbocycles. The van der Waals surface area contributed by atoms with Gasteiger partial charge in [-0.25, -0.2) is 0 Å². The number of hydrogen-bond acceptors (Lipinski definition) is 1. The molecule has 3 aromatic rings. The van der Waals surface area contributed by atoms with Crippen LogP contribution in [0.5, 0.6) is 0 Å². The lowest BCUT2D eigenvalue weighted by atomic mass is 10.1. The van der Waals surface area contributed by atoms with Crippen LogP contribution in [0, 0.1) is 6.92 Å². The molecule has 2 heteroatoms. The maximum absolute atomic E-state index is 5.86. The van der Waals surface area contributed by atoms with Gasteiger partial charge in [0, 0.05) is 30.3 Å². The summed E-state index contributed by atoms with van der Waals surface area (Å²) in [7, 11) is 2.11. The van der Waals surface area contributed by atoms with Gasteiger partial charge in [0.1, 0.15) is 0 Å². The van der Waals surface area contributed by atoms with Crippen LogP contribution in [-0.4, -0.2) is 11.2 Å². The number of benzene rings is 2. The van der Waals surface area contributed by atoms with Crippen LogP contribution in [0.2, 0.25) is 0 Å². The van der Waals surface area contributed by atoms with Gasteiger partial charge in [0.25, 0.3) is 0 Å². The summed E-state index contributed by atoms with van der Waals surface area (Å²) in [6.45, 7) is 3.61. The first-order valence-corrected chi connectivity index (χ1v) is 7.90. The summed E-state index contributed by atoms with van der Waals surface area (Å²) < 4.78 is 8.09. The summed E-state index contributed by atoms with van der Waals surface area (Å²) in [5, 5.41) is 1.30. The molecule has 2 aromatic carbocycles. The Hall–Kier alpha value is -2.06. The van der Waals surface area contributed by atoms with Crippen molar-refractivity contribution in [2.45, 2.75) is 26.4 Å². The minimum Gasteiger partial charge on any atom is -0.375 e. The number of nitrogens with zero attached hydrogens (tertiary/aromatic N) is 1. The van der Waals surface area contributed by atoms with Crippen molar-refractivity contribution in [3.63, 3.8) is 0 Å². The molecule has 1 aromatic heterocycles. The van der Waals surface area contributed by atoms with E-state index in [1.807, 2.05) is 0 Å². The van der Waals surface area contributed by atoms with Gasteiger partial charge in [-0.1, -0.05) is 42.0 Å². The lowest BCUT2D eigenvalue weighted by molar-refractivity contribution is 0.114. The predicted octanol–water partition coefficient (Wildman–Crippen LogP) is 4.64. The molecule has 0 radical (unpaired) electrons. The highest BCUT2D eigenvalue weighted by Gasteiger charge is 2.05. The first-order valence-electron chi connectivity index (χ1n) is 7.90. The van der Waals surface area contributed by atoms with E-state index >= 15 is 0 Å². The molecule has 0 aliphatic rings. The fourth-order valence-electron chi connectivity index (χ4n) is 2.86. The molecule has 0 aliphatic heterocycles. The zero-order valence-corrected chi connectivity index (χ0v) is 13.4. The van der Waals surface area contributed by atoms with Gasteiger partial charge >= 0.3 is 0 Å². The molecule has 0 saturated heterocycles. The van der Waals surface area contributed by atoms with E-state index in [0.29, 0.717) is 6.61 Å². The largest absolute Gasteiger partial charge is 0.375 e. The minimum absolute atomic E-state index is 0.680. The number of aryl methyl sites for hydroxylation is 3. The van der Waals surface area contributed by atoms with E-state index in [1.54, 1.807) is 0 Å². The Morgan fingerprint density at radius 1 is 1.00 bits per heavy atom. The molecular formula is C20H23NO. The van der Waals surface area contributed by atoms with E-state index in [0.717, 1.165) is 19.4 Å². The Morgan fingerprint density at radius 2 is 1.82 bits per heavy atom. The van der Waals surface area contributed by atoms with Gasteiger partial charge in [0.05, 0.1) is 6.61 Å². The van der Waals surface area contributed by atoms with Crippen LogP contribution in [0.15, 0.2) is 54.6 Å². The maximum Gasteiger partial charge on any atom is 0.0868 e. The molecule has 0 fully saturated rings. The highest BCUT2D eigenvalue weighted by atomic mass is 16.5. The van der Waals surface area contributed by atoms with Crippen molar-refractivity contribution in [3.8, 4) is 0 Å². The molecule has 114 valence electrons. The topological polar surface area (TPSA) is 14.2 Å². The van der Waals surface area contributed by atoms with Crippen molar-refractivity contribution >= 4 is 10.9 Å². The zero-order valence-electron chi connectivity index (χ0n) is 13.4. The van der Waals surface area contributed by atoms with E-state index in [-0.39, 0.29) is 0 Å². The second-order valence-corrected chi connectivity index (χ2v) is 5.90. The smallest absolute Gasteiger partial charge is 0.0868 e. The lowest BCUT2D eigenvalue weighted by Crippen LogP contribution is -2.01. The van der Waals surface area contributed by atoms with Gasteiger partial charge in [-0.3, -0.25) is 0 Å². The molecule has 3 rings (SSSR count). The van der Waals surface area contributed by atoms with Crippen LogP contribution in [-0.2, 0) is 24.8 Å². The highest BCUT2D eigenvalue weighted by molar-refractivity contribution is 5.81. The SMILES string of the molecule is Cc1ccc2c(c1)cc(COCCCc1ccccc1)n2C. The molecule has 0 unspecified atom stereocenters. The molecule has 0 spiro atoms. The molecule has 0 N–H and O–H groups in total. The summed E-state index contributed by atoms with van der Waals surface area (Å²) in [4.78, 5) is 0. The maximum atomic E-state index is 5.86. The van der Waals surface area contributed by atoms with E-state index < -0.39 is 0 Å². The van der Waals surface area contributed by atoms with E-state index in [9.17, 15) is 0 Å². The van der Waals surface area contributed by atoms with Gasteiger partial charge in [0.15, 0.2) is 0 Å². The Kier molecular flexibility index (Phi) is 4.59. The van der Waals surface area contributed by atoms with Crippen molar-refractivity contribution in [2.75, 3.05) is 6.61 Å². The van der Waals surface area contributed by atoms with E-state index in [1.165, 1.54) is 27.7 Å². The molecule has 0 aliphatic carbocycles.